The zero-order valence-electron chi connectivity index (χ0n) is 27.7. The number of methoxy groups -OCH3 is 1. The van der Waals surface area contributed by atoms with Gasteiger partial charge in [-0.15, -0.1) is 0 Å². The van der Waals surface area contributed by atoms with Crippen molar-refractivity contribution in [1.29, 1.82) is 0 Å². The average molecular weight is 614 g/mol. The van der Waals surface area contributed by atoms with Gasteiger partial charge in [0, 0.05) is 81.9 Å². The molecule has 1 unspecified atom stereocenters. The number of hydrogen-bond acceptors (Lipinski definition) is 9. The lowest BCUT2D eigenvalue weighted by Gasteiger charge is -2.36. The Hall–Kier alpha value is -2.89. The predicted molar refractivity (Wildman–Crippen MR) is 176 cm³/mol. The summed E-state index contributed by atoms with van der Waals surface area (Å²) in [6, 6.07) is 3.01. The molecule has 2 aliphatic rings. The molecule has 0 bridgehead atoms. The van der Waals surface area contributed by atoms with Gasteiger partial charge in [-0.25, -0.2) is 0 Å². The van der Waals surface area contributed by atoms with Crippen molar-refractivity contribution < 1.29 is 23.8 Å². The first-order valence-corrected chi connectivity index (χ1v) is 16.1. The number of nitrogens with two attached hydrogens (primary N) is 1. The number of rotatable bonds is 16. The van der Waals surface area contributed by atoms with Gasteiger partial charge in [0.2, 0.25) is 5.91 Å². The number of aliphatic hydroxyl groups is 1. The Bertz CT molecular complexity index is 1160. The number of ether oxygens (including phenoxy) is 2. The van der Waals surface area contributed by atoms with Crippen molar-refractivity contribution in [3.63, 3.8) is 0 Å². The first kappa shape index (κ1) is 35.6. The minimum absolute atomic E-state index is 0.0362. The Morgan fingerprint density at radius 1 is 1.23 bits per heavy atom. The molecule has 1 atom stereocenters. The van der Waals surface area contributed by atoms with E-state index < -0.39 is 12.1 Å². The normalized spacial score (nSPS) is 19.2. The maximum Gasteiger partial charge on any atom is 0.249 e. The molecule has 3 heterocycles. The number of primary amides is 1. The summed E-state index contributed by atoms with van der Waals surface area (Å²) in [5.41, 5.74) is 7.44. The van der Waals surface area contributed by atoms with Crippen LogP contribution in [0.5, 0.6) is 0 Å². The lowest BCUT2D eigenvalue weighted by Crippen LogP contribution is -2.48. The highest BCUT2D eigenvalue weighted by Gasteiger charge is 2.25. The van der Waals surface area contributed by atoms with Gasteiger partial charge in [0.05, 0.1) is 19.2 Å². The smallest absolute Gasteiger partial charge is 0.249 e. The molecule has 0 radical (unpaired) electrons. The summed E-state index contributed by atoms with van der Waals surface area (Å²) in [4.78, 5) is 19.5. The topological polar surface area (TPSA) is 117 Å². The number of nitrogens with zero attached hydrogens (tertiary/aromatic N) is 3. The Morgan fingerprint density at radius 3 is 2.50 bits per heavy atom. The summed E-state index contributed by atoms with van der Waals surface area (Å²) in [5.74, 6) is 1.30. The van der Waals surface area contributed by atoms with Crippen molar-refractivity contribution in [3.8, 4) is 0 Å². The summed E-state index contributed by atoms with van der Waals surface area (Å²) in [5, 5.41) is 14.5. The number of hydrogen-bond donors (Lipinski definition) is 3. The molecule has 0 saturated carbocycles. The van der Waals surface area contributed by atoms with Gasteiger partial charge in [-0.1, -0.05) is 19.1 Å². The van der Waals surface area contributed by atoms with Crippen LogP contribution in [0.15, 0.2) is 46.2 Å². The van der Waals surface area contributed by atoms with Crippen LogP contribution in [0.1, 0.15) is 71.0 Å². The number of carbonyl (C=O) groups is 1. The molecule has 0 aromatic carbocycles. The molecule has 0 spiro atoms. The van der Waals surface area contributed by atoms with Crippen LogP contribution in [-0.2, 0) is 20.8 Å². The third kappa shape index (κ3) is 10.1. The van der Waals surface area contributed by atoms with Crippen LogP contribution in [0.2, 0.25) is 0 Å². The van der Waals surface area contributed by atoms with Gasteiger partial charge in [0.25, 0.3) is 0 Å². The van der Waals surface area contributed by atoms with Gasteiger partial charge in [-0.05, 0) is 65.2 Å². The van der Waals surface area contributed by atoms with E-state index in [-0.39, 0.29) is 12.1 Å². The van der Waals surface area contributed by atoms with Gasteiger partial charge in [-0.2, -0.15) is 0 Å². The van der Waals surface area contributed by atoms with E-state index in [9.17, 15) is 9.90 Å². The highest BCUT2D eigenvalue weighted by molar-refractivity contribution is 5.93. The molecular formula is C34H55N5O5. The number of carbonyl (C=O) groups excluding carboxylic acids is 1. The van der Waals surface area contributed by atoms with Crippen LogP contribution in [0.4, 0.5) is 0 Å². The largest absolute Gasteiger partial charge is 0.496 e. The van der Waals surface area contributed by atoms with Crippen molar-refractivity contribution in [2.45, 2.75) is 78.7 Å². The van der Waals surface area contributed by atoms with Gasteiger partial charge in [-0.3, -0.25) is 19.9 Å². The van der Waals surface area contributed by atoms with E-state index in [1.165, 1.54) is 7.11 Å². The molecule has 10 nitrogen and oxygen atoms in total. The molecule has 44 heavy (non-hydrogen) atoms. The Morgan fingerprint density at radius 2 is 1.93 bits per heavy atom. The molecule has 1 amide bonds. The first-order chi connectivity index (χ1) is 21.2. The second-order valence-electron chi connectivity index (χ2n) is 11.6. The van der Waals surface area contributed by atoms with Crippen LogP contribution in [0, 0.1) is 0 Å². The zero-order valence-corrected chi connectivity index (χ0v) is 27.7. The fraction of sp³-hybridized carbons (Fsp3) is 0.618. The Balaban J connectivity index is 1.91. The predicted octanol–water partition coefficient (Wildman–Crippen LogP) is 3.94. The molecule has 10 heteroatoms. The quantitative estimate of drug-likeness (QED) is 0.110. The third-order valence-electron chi connectivity index (χ3n) is 8.41. The van der Waals surface area contributed by atoms with E-state index in [4.69, 9.17) is 19.6 Å². The van der Waals surface area contributed by atoms with Gasteiger partial charge in [0.1, 0.15) is 23.5 Å². The fourth-order valence-electron chi connectivity index (χ4n) is 5.85. The van der Waals surface area contributed by atoms with E-state index >= 15 is 0 Å². The maximum atomic E-state index is 12.2. The summed E-state index contributed by atoms with van der Waals surface area (Å²) in [6.45, 7) is 17.7. The number of furan rings is 1. The monoisotopic (exact) mass is 613 g/mol. The van der Waals surface area contributed by atoms with E-state index in [1.54, 1.807) is 12.2 Å². The van der Waals surface area contributed by atoms with E-state index in [0.29, 0.717) is 42.1 Å². The molecule has 4 N–H and O–H groups in total. The summed E-state index contributed by atoms with van der Waals surface area (Å²) in [7, 11) is 1.49. The van der Waals surface area contributed by atoms with Crippen LogP contribution >= 0.6 is 0 Å². The van der Waals surface area contributed by atoms with Crippen molar-refractivity contribution >= 4 is 17.6 Å². The van der Waals surface area contributed by atoms with E-state index in [0.717, 1.165) is 70.1 Å². The minimum atomic E-state index is -1.07. The molecule has 2 fully saturated rings. The number of amides is 1. The molecule has 0 aliphatic carbocycles. The van der Waals surface area contributed by atoms with Crippen molar-refractivity contribution in [2.75, 3.05) is 59.6 Å². The summed E-state index contributed by atoms with van der Waals surface area (Å²) >= 11 is 0. The Labute approximate surface area is 264 Å². The lowest BCUT2D eigenvalue weighted by atomic mass is 10.0. The molecule has 3 rings (SSSR count). The SMILES string of the molecule is C/C=C/C(OC)=C(/CNC(O)/C(=C\CC)c1cc(CN2CCN(C(C)C)CC2)oc1/C=C/N(CC)C1CCOCC1)C(N)=O. The van der Waals surface area contributed by atoms with Gasteiger partial charge < -0.3 is 29.6 Å². The van der Waals surface area contributed by atoms with E-state index in [1.807, 2.05) is 26.0 Å². The molecule has 1 aromatic heterocycles. The number of allylic oxidation sites excluding steroid dienone is 3. The molecule has 1 aromatic rings. The number of piperazine rings is 1. The second kappa shape index (κ2) is 18.2. The number of aliphatic hydroxyl groups excluding tert-OH is 1. The fourth-order valence-corrected chi connectivity index (χ4v) is 5.85. The minimum Gasteiger partial charge on any atom is -0.496 e. The standard InChI is InChI=1S/C34H55N5O5/c1-7-10-28(34(41)36-23-30(33(35)40)31(42-6)11-8-2)29-22-27(24-37-16-18-39(19-17-37)25(4)5)44-32(29)12-15-38(9-3)26-13-20-43-21-14-26/h8,10-12,15,22,25-26,34,36,41H,7,9,13-14,16-21,23-24H2,1-6H3,(H2,35,40)/b11-8+,15-12+,28-10-,31-30+. The van der Waals surface area contributed by atoms with Crippen LogP contribution in [0.3, 0.4) is 0 Å². The van der Waals surface area contributed by atoms with Crippen molar-refractivity contribution in [1.82, 2.24) is 20.0 Å². The van der Waals surface area contributed by atoms with Crippen LogP contribution in [-0.4, -0.2) is 104 Å². The van der Waals surface area contributed by atoms with Crippen molar-refractivity contribution in [2.24, 2.45) is 5.73 Å². The second-order valence-corrected chi connectivity index (χ2v) is 11.6. The molecule has 2 saturated heterocycles. The van der Waals surface area contributed by atoms with E-state index in [2.05, 4.69) is 53.1 Å². The number of nitrogens with one attached hydrogen (secondary N) is 1. The molecule has 2 aliphatic heterocycles. The lowest BCUT2D eigenvalue weighted by molar-refractivity contribution is -0.114. The zero-order chi connectivity index (χ0) is 32.1. The van der Waals surface area contributed by atoms with Gasteiger partial charge in [0.15, 0.2) is 0 Å². The first-order valence-electron chi connectivity index (χ1n) is 16.1. The molecule has 246 valence electrons. The third-order valence-corrected chi connectivity index (χ3v) is 8.41. The average Bonchev–Trinajstić information content (AvgIpc) is 3.41. The summed E-state index contributed by atoms with van der Waals surface area (Å²) < 4.78 is 17.5. The van der Waals surface area contributed by atoms with Gasteiger partial charge >= 0.3 is 0 Å². The van der Waals surface area contributed by atoms with Crippen LogP contribution in [0.25, 0.3) is 11.6 Å². The van der Waals surface area contributed by atoms with Crippen LogP contribution < -0.4 is 11.1 Å². The highest BCUT2D eigenvalue weighted by Crippen LogP contribution is 2.29. The Kier molecular flexibility index (Phi) is 14.7. The summed E-state index contributed by atoms with van der Waals surface area (Å²) in [6.07, 6.45) is 11.2. The maximum absolute atomic E-state index is 12.2. The highest BCUT2D eigenvalue weighted by atomic mass is 16.5. The van der Waals surface area contributed by atoms with Crippen molar-refractivity contribution in [3.05, 3.63) is 58.9 Å². The molecular weight excluding hydrogens is 558 g/mol.